The molecule has 1 saturated heterocycles. The van der Waals surface area contributed by atoms with Crippen molar-refractivity contribution in [2.45, 2.75) is 31.5 Å². The molecule has 2 heterocycles. The molecule has 0 radical (unpaired) electrons. The number of morpholine rings is 1. The molecule has 3 unspecified atom stereocenters. The highest BCUT2D eigenvalue weighted by Gasteiger charge is 2.42. The number of carbonyl (C=O) groups is 1. The molecule has 2 aliphatic rings. The van der Waals surface area contributed by atoms with Crippen molar-refractivity contribution in [1.29, 1.82) is 0 Å². The van der Waals surface area contributed by atoms with Crippen LogP contribution in [-0.4, -0.2) is 59.7 Å². The highest BCUT2D eigenvalue weighted by atomic mass is 16.5. The van der Waals surface area contributed by atoms with Crippen molar-refractivity contribution in [3.63, 3.8) is 0 Å². The summed E-state index contributed by atoms with van der Waals surface area (Å²) in [5, 5.41) is 3.00. The summed E-state index contributed by atoms with van der Waals surface area (Å²) in [6.07, 6.45) is 6.86. The van der Waals surface area contributed by atoms with Crippen molar-refractivity contribution in [2.24, 2.45) is 5.92 Å². The number of aromatic nitrogens is 2. The van der Waals surface area contributed by atoms with E-state index in [2.05, 4.69) is 32.3 Å². The van der Waals surface area contributed by atoms with Crippen LogP contribution >= 0.6 is 0 Å². The monoisotopic (exact) mass is 382 g/mol. The molecule has 1 aliphatic carbocycles. The molecule has 1 saturated carbocycles. The summed E-state index contributed by atoms with van der Waals surface area (Å²) in [5.41, 5.74) is 1.60. The van der Waals surface area contributed by atoms with Crippen molar-refractivity contribution in [2.75, 3.05) is 26.8 Å². The molecule has 2 fully saturated rings. The molecule has 7 nitrogen and oxygen atoms in total. The van der Waals surface area contributed by atoms with Gasteiger partial charge < -0.3 is 14.8 Å². The first-order valence-electron chi connectivity index (χ1n) is 9.77. The highest BCUT2D eigenvalue weighted by Crippen LogP contribution is 2.35. The van der Waals surface area contributed by atoms with E-state index in [1.54, 1.807) is 13.3 Å². The summed E-state index contributed by atoms with van der Waals surface area (Å²) in [4.78, 5) is 22.8. The number of nitrogens with one attached hydrogen (secondary N) is 1. The molecule has 0 spiro atoms. The van der Waals surface area contributed by atoms with Crippen LogP contribution in [-0.2, 0) is 11.3 Å². The van der Waals surface area contributed by atoms with Crippen LogP contribution in [0.3, 0.4) is 0 Å². The van der Waals surface area contributed by atoms with Crippen LogP contribution in [0, 0.1) is 5.92 Å². The molecule has 1 aromatic carbocycles. The Morgan fingerprint density at radius 2 is 2.29 bits per heavy atom. The maximum Gasteiger partial charge on any atom is 0.271 e. The standard InChI is InChI=1S/C21H26N4O3/c1-27-17-4-2-3-15(11-17)14-25-9-10-28-20-16(5-6-19(20)25)12-24-21(26)18-13-22-7-8-23-18/h2-4,7-8,11,13,16,19-20H,5-6,9-10,12,14H2,1H3,(H,24,26). The zero-order valence-electron chi connectivity index (χ0n) is 16.1. The maximum atomic E-state index is 12.3. The summed E-state index contributed by atoms with van der Waals surface area (Å²) >= 11 is 0. The van der Waals surface area contributed by atoms with E-state index in [-0.39, 0.29) is 12.0 Å². The Morgan fingerprint density at radius 1 is 1.36 bits per heavy atom. The minimum absolute atomic E-state index is 0.154. The van der Waals surface area contributed by atoms with E-state index < -0.39 is 0 Å². The molecule has 4 rings (SSSR count). The lowest BCUT2D eigenvalue weighted by molar-refractivity contribution is -0.0757. The van der Waals surface area contributed by atoms with Gasteiger partial charge in [-0.1, -0.05) is 12.1 Å². The van der Waals surface area contributed by atoms with Gasteiger partial charge in [0.25, 0.3) is 5.91 Å². The van der Waals surface area contributed by atoms with Crippen LogP contribution in [0.2, 0.25) is 0 Å². The minimum atomic E-state index is -0.180. The van der Waals surface area contributed by atoms with Gasteiger partial charge in [-0.05, 0) is 30.5 Å². The Balaban J connectivity index is 1.35. The van der Waals surface area contributed by atoms with Gasteiger partial charge in [0.2, 0.25) is 0 Å². The maximum absolute atomic E-state index is 12.3. The Kier molecular flexibility index (Phi) is 5.83. The van der Waals surface area contributed by atoms with Crippen molar-refractivity contribution in [1.82, 2.24) is 20.2 Å². The first kappa shape index (κ1) is 18.8. The normalized spacial score (nSPS) is 24.5. The molecule has 7 heteroatoms. The zero-order valence-corrected chi connectivity index (χ0v) is 16.1. The third kappa shape index (κ3) is 4.15. The van der Waals surface area contributed by atoms with Crippen molar-refractivity contribution < 1.29 is 14.3 Å². The highest BCUT2D eigenvalue weighted by molar-refractivity contribution is 5.91. The topological polar surface area (TPSA) is 76.6 Å². The van der Waals surface area contributed by atoms with E-state index in [9.17, 15) is 4.79 Å². The quantitative estimate of drug-likeness (QED) is 0.822. The number of hydrogen-bond donors (Lipinski definition) is 1. The van der Waals surface area contributed by atoms with Gasteiger partial charge in [0, 0.05) is 44.0 Å². The van der Waals surface area contributed by atoms with Gasteiger partial charge in [0.15, 0.2) is 0 Å². The predicted octanol–water partition coefficient (Wildman–Crippen LogP) is 1.89. The fourth-order valence-electron chi connectivity index (χ4n) is 4.29. The molecular weight excluding hydrogens is 356 g/mol. The van der Waals surface area contributed by atoms with Gasteiger partial charge in [-0.25, -0.2) is 4.98 Å². The Morgan fingerprint density at radius 3 is 3.11 bits per heavy atom. The predicted molar refractivity (Wildman–Crippen MR) is 104 cm³/mol. The summed E-state index contributed by atoms with van der Waals surface area (Å²) in [6, 6.07) is 8.62. The van der Waals surface area contributed by atoms with Crippen LogP contribution in [0.15, 0.2) is 42.9 Å². The van der Waals surface area contributed by atoms with E-state index >= 15 is 0 Å². The second kappa shape index (κ2) is 8.67. The van der Waals surface area contributed by atoms with Gasteiger partial charge in [0.1, 0.15) is 11.4 Å². The number of benzene rings is 1. The van der Waals surface area contributed by atoms with Crippen LogP contribution in [0.4, 0.5) is 0 Å². The number of hydrogen-bond acceptors (Lipinski definition) is 6. The van der Waals surface area contributed by atoms with Crippen LogP contribution in [0.25, 0.3) is 0 Å². The third-order valence-corrected chi connectivity index (χ3v) is 5.68. The number of amides is 1. The Bertz CT molecular complexity index is 801. The number of nitrogens with zero attached hydrogens (tertiary/aromatic N) is 3. The van der Waals surface area contributed by atoms with Gasteiger partial charge in [-0.2, -0.15) is 0 Å². The summed E-state index contributed by atoms with van der Waals surface area (Å²) in [6.45, 7) is 3.14. The lowest BCUT2D eigenvalue weighted by atomic mass is 10.0. The number of ether oxygens (including phenoxy) is 2. The largest absolute Gasteiger partial charge is 0.497 e. The van der Waals surface area contributed by atoms with Crippen LogP contribution in [0.1, 0.15) is 28.9 Å². The Hall–Kier alpha value is -2.51. The SMILES string of the molecule is COc1cccc(CN2CCOC3C(CNC(=O)c4cnccn4)CCC32)c1. The van der Waals surface area contributed by atoms with Crippen molar-refractivity contribution >= 4 is 5.91 Å². The first-order valence-corrected chi connectivity index (χ1v) is 9.77. The van der Waals surface area contributed by atoms with E-state index in [4.69, 9.17) is 9.47 Å². The third-order valence-electron chi connectivity index (χ3n) is 5.68. The molecule has 1 amide bonds. The molecule has 148 valence electrons. The van der Waals surface area contributed by atoms with Crippen LogP contribution in [0.5, 0.6) is 5.75 Å². The van der Waals surface area contributed by atoms with E-state index in [0.29, 0.717) is 24.2 Å². The smallest absolute Gasteiger partial charge is 0.271 e. The minimum Gasteiger partial charge on any atom is -0.497 e. The molecule has 2 aromatic rings. The van der Waals surface area contributed by atoms with Crippen molar-refractivity contribution in [3.05, 3.63) is 54.1 Å². The van der Waals surface area contributed by atoms with Crippen molar-refractivity contribution in [3.8, 4) is 5.75 Å². The molecule has 1 aromatic heterocycles. The first-order chi connectivity index (χ1) is 13.7. The van der Waals surface area contributed by atoms with E-state index in [0.717, 1.165) is 38.3 Å². The second-order valence-electron chi connectivity index (χ2n) is 7.36. The molecule has 1 N–H and O–H groups in total. The van der Waals surface area contributed by atoms with Gasteiger partial charge in [-0.3, -0.25) is 14.7 Å². The van der Waals surface area contributed by atoms with Gasteiger partial charge in [0.05, 0.1) is 26.0 Å². The number of methoxy groups -OCH3 is 1. The number of carbonyl (C=O) groups excluding carboxylic acids is 1. The summed E-state index contributed by atoms with van der Waals surface area (Å²) in [5.74, 6) is 1.03. The summed E-state index contributed by atoms with van der Waals surface area (Å²) in [7, 11) is 1.70. The Labute approximate surface area is 165 Å². The zero-order chi connectivity index (χ0) is 19.3. The molecular formula is C21H26N4O3. The van der Waals surface area contributed by atoms with Gasteiger partial charge >= 0.3 is 0 Å². The van der Waals surface area contributed by atoms with E-state index in [1.807, 2.05) is 12.1 Å². The molecule has 1 aliphatic heterocycles. The summed E-state index contributed by atoms with van der Waals surface area (Å²) < 4.78 is 11.5. The molecule has 3 atom stereocenters. The number of fused-ring (bicyclic) bond motifs is 1. The van der Waals surface area contributed by atoms with E-state index in [1.165, 1.54) is 18.0 Å². The molecule has 0 bridgehead atoms. The van der Waals surface area contributed by atoms with Crippen LogP contribution < -0.4 is 10.1 Å². The average molecular weight is 382 g/mol. The number of rotatable bonds is 6. The molecule has 28 heavy (non-hydrogen) atoms. The second-order valence-corrected chi connectivity index (χ2v) is 7.36. The average Bonchev–Trinajstić information content (AvgIpc) is 3.17. The van der Waals surface area contributed by atoms with Gasteiger partial charge in [-0.15, -0.1) is 0 Å². The fraction of sp³-hybridized carbons (Fsp3) is 0.476. The lowest BCUT2D eigenvalue weighted by Gasteiger charge is -2.39. The fourth-order valence-corrected chi connectivity index (χ4v) is 4.29. The lowest BCUT2D eigenvalue weighted by Crippen LogP contribution is -2.51.